The van der Waals surface area contributed by atoms with Crippen LogP contribution < -0.4 is 10.6 Å². The van der Waals surface area contributed by atoms with Crippen molar-refractivity contribution in [3.05, 3.63) is 29.3 Å². The summed E-state index contributed by atoms with van der Waals surface area (Å²) in [6.07, 6.45) is -4.45. The van der Waals surface area contributed by atoms with E-state index in [1.54, 1.807) is 13.0 Å². The van der Waals surface area contributed by atoms with Crippen LogP contribution in [0.4, 0.5) is 18.9 Å². The van der Waals surface area contributed by atoms with E-state index in [4.69, 9.17) is 11.1 Å². The fourth-order valence-corrected chi connectivity index (χ4v) is 1.30. The Morgan fingerprint density at radius 1 is 1.38 bits per heavy atom. The fraction of sp³-hybridized carbons (Fsp3) is 0.300. The maximum Gasteiger partial charge on any atom is 0.418 e. The summed E-state index contributed by atoms with van der Waals surface area (Å²) >= 11 is 0. The normalized spacial score (nSPS) is 11.3. The molecule has 16 heavy (non-hydrogen) atoms. The molecule has 3 nitrogen and oxygen atoms in total. The lowest BCUT2D eigenvalue weighted by Crippen LogP contribution is -2.34. The third-order valence-corrected chi connectivity index (χ3v) is 2.18. The lowest BCUT2D eigenvalue weighted by atomic mass is 10.1. The van der Waals surface area contributed by atoms with Gasteiger partial charge in [0.05, 0.1) is 11.3 Å². The SMILES string of the molecule is Cc1ccc(N(C)C(=N)N)c(C(F)(F)F)c1. The summed E-state index contributed by atoms with van der Waals surface area (Å²) < 4.78 is 38.1. The zero-order chi connectivity index (χ0) is 12.5. The molecule has 0 bridgehead atoms. The van der Waals surface area contributed by atoms with Crippen LogP contribution in [0.3, 0.4) is 0 Å². The molecule has 0 fully saturated rings. The molecule has 0 aliphatic rings. The fourth-order valence-electron chi connectivity index (χ4n) is 1.30. The van der Waals surface area contributed by atoms with E-state index in [0.29, 0.717) is 5.56 Å². The number of guanidine groups is 1. The van der Waals surface area contributed by atoms with Crippen molar-refractivity contribution in [1.82, 2.24) is 0 Å². The predicted molar refractivity (Wildman–Crippen MR) is 56.5 cm³/mol. The molecule has 0 aromatic heterocycles. The maximum atomic E-state index is 12.7. The molecule has 0 spiro atoms. The van der Waals surface area contributed by atoms with Gasteiger partial charge in [-0.3, -0.25) is 5.41 Å². The lowest BCUT2D eigenvalue weighted by molar-refractivity contribution is -0.137. The van der Waals surface area contributed by atoms with Crippen LogP contribution in [0.2, 0.25) is 0 Å². The van der Waals surface area contributed by atoms with Crippen LogP contribution in [-0.4, -0.2) is 13.0 Å². The molecule has 1 rings (SSSR count). The molecule has 0 saturated carbocycles. The third-order valence-electron chi connectivity index (χ3n) is 2.18. The number of hydrogen-bond acceptors (Lipinski definition) is 1. The van der Waals surface area contributed by atoms with E-state index in [9.17, 15) is 13.2 Å². The van der Waals surface area contributed by atoms with Gasteiger partial charge in [-0.05, 0) is 19.1 Å². The van der Waals surface area contributed by atoms with Gasteiger partial charge in [-0.2, -0.15) is 13.2 Å². The Balaban J connectivity index is 3.34. The Bertz CT molecular complexity index is 412. The average Bonchev–Trinajstić information content (AvgIpc) is 2.15. The topological polar surface area (TPSA) is 53.1 Å². The van der Waals surface area contributed by atoms with E-state index in [-0.39, 0.29) is 5.69 Å². The highest BCUT2D eigenvalue weighted by atomic mass is 19.4. The van der Waals surface area contributed by atoms with Crippen LogP contribution in [0, 0.1) is 12.3 Å². The summed E-state index contributed by atoms with van der Waals surface area (Å²) in [5.41, 5.74) is 4.76. The van der Waals surface area contributed by atoms with Gasteiger partial charge in [0.25, 0.3) is 0 Å². The Labute approximate surface area is 91.2 Å². The monoisotopic (exact) mass is 231 g/mol. The highest BCUT2D eigenvalue weighted by molar-refractivity contribution is 5.92. The smallest absolute Gasteiger partial charge is 0.370 e. The molecule has 1 aromatic rings. The molecule has 1 aromatic carbocycles. The first-order chi connectivity index (χ1) is 7.23. The van der Waals surface area contributed by atoms with E-state index in [1.165, 1.54) is 13.1 Å². The van der Waals surface area contributed by atoms with E-state index >= 15 is 0 Å². The van der Waals surface area contributed by atoms with Gasteiger partial charge >= 0.3 is 6.18 Å². The van der Waals surface area contributed by atoms with Crippen LogP contribution in [-0.2, 0) is 6.18 Å². The number of rotatable bonds is 1. The summed E-state index contributed by atoms with van der Waals surface area (Å²) in [4.78, 5) is 0.988. The Morgan fingerprint density at radius 3 is 2.38 bits per heavy atom. The first-order valence-electron chi connectivity index (χ1n) is 4.49. The molecule has 0 heterocycles. The number of alkyl halides is 3. The van der Waals surface area contributed by atoms with E-state index in [1.807, 2.05) is 0 Å². The number of aryl methyl sites for hydroxylation is 1. The maximum absolute atomic E-state index is 12.7. The summed E-state index contributed by atoms with van der Waals surface area (Å²) in [6.45, 7) is 1.58. The lowest BCUT2D eigenvalue weighted by Gasteiger charge is -2.22. The number of anilines is 1. The highest BCUT2D eigenvalue weighted by Gasteiger charge is 2.34. The summed E-state index contributed by atoms with van der Waals surface area (Å²) in [7, 11) is 1.32. The zero-order valence-electron chi connectivity index (χ0n) is 8.89. The molecule has 0 unspecified atom stereocenters. The molecule has 3 N–H and O–H groups in total. The summed E-state index contributed by atoms with van der Waals surface area (Å²) in [5.74, 6) is -0.436. The highest BCUT2D eigenvalue weighted by Crippen LogP contribution is 2.36. The number of benzene rings is 1. The molecular formula is C10H12F3N3. The second-order valence-corrected chi connectivity index (χ2v) is 3.46. The van der Waals surface area contributed by atoms with Crippen molar-refractivity contribution < 1.29 is 13.2 Å². The van der Waals surface area contributed by atoms with Gasteiger partial charge in [0.2, 0.25) is 0 Å². The minimum absolute atomic E-state index is 0.120. The summed E-state index contributed by atoms with van der Waals surface area (Å²) in [5, 5.41) is 7.13. The van der Waals surface area contributed by atoms with Gasteiger partial charge in [-0.1, -0.05) is 11.6 Å². The average molecular weight is 231 g/mol. The third kappa shape index (κ3) is 2.44. The van der Waals surface area contributed by atoms with Crippen LogP contribution >= 0.6 is 0 Å². The van der Waals surface area contributed by atoms with Crippen LogP contribution in [0.5, 0.6) is 0 Å². The number of nitrogens with one attached hydrogen (secondary N) is 1. The molecule has 0 radical (unpaired) electrons. The standard InChI is InChI=1S/C10H12F3N3/c1-6-3-4-8(16(2)9(14)15)7(5-6)10(11,12)13/h3-5H,1-2H3,(H3,14,15). The second-order valence-electron chi connectivity index (χ2n) is 3.46. The van der Waals surface area contributed by atoms with E-state index in [2.05, 4.69) is 0 Å². The van der Waals surface area contributed by atoms with Crippen molar-refractivity contribution in [3.63, 3.8) is 0 Å². The van der Waals surface area contributed by atoms with Crippen molar-refractivity contribution in [2.45, 2.75) is 13.1 Å². The Kier molecular flexibility index (Phi) is 3.11. The van der Waals surface area contributed by atoms with Crippen molar-refractivity contribution in [2.75, 3.05) is 11.9 Å². The van der Waals surface area contributed by atoms with E-state index < -0.39 is 17.7 Å². The molecule has 88 valence electrons. The second kappa shape index (κ2) is 4.03. The van der Waals surface area contributed by atoms with Crippen molar-refractivity contribution >= 4 is 11.6 Å². The van der Waals surface area contributed by atoms with Crippen molar-refractivity contribution in [1.29, 1.82) is 5.41 Å². The molecule has 0 amide bonds. The number of nitrogens with two attached hydrogens (primary N) is 1. The minimum atomic E-state index is -4.45. The van der Waals surface area contributed by atoms with Gasteiger partial charge in [0.1, 0.15) is 0 Å². The van der Waals surface area contributed by atoms with Gasteiger partial charge in [-0.15, -0.1) is 0 Å². The number of halogens is 3. The molecule has 0 aliphatic carbocycles. The van der Waals surface area contributed by atoms with Gasteiger partial charge < -0.3 is 10.6 Å². The van der Waals surface area contributed by atoms with Crippen LogP contribution in [0.1, 0.15) is 11.1 Å². The van der Waals surface area contributed by atoms with Gasteiger partial charge in [0, 0.05) is 7.05 Å². The molecule has 0 aliphatic heterocycles. The Morgan fingerprint density at radius 2 is 1.94 bits per heavy atom. The number of hydrogen-bond donors (Lipinski definition) is 2. The zero-order valence-corrected chi connectivity index (χ0v) is 8.89. The number of nitrogens with zero attached hydrogens (tertiary/aromatic N) is 1. The quantitative estimate of drug-likeness (QED) is 0.575. The minimum Gasteiger partial charge on any atom is -0.370 e. The van der Waals surface area contributed by atoms with Gasteiger partial charge in [-0.25, -0.2) is 0 Å². The molecule has 0 saturated heterocycles. The van der Waals surface area contributed by atoms with Crippen molar-refractivity contribution in [3.8, 4) is 0 Å². The largest absolute Gasteiger partial charge is 0.418 e. The first kappa shape index (κ1) is 12.4. The predicted octanol–water partition coefficient (Wildman–Crippen LogP) is 2.34. The van der Waals surface area contributed by atoms with Gasteiger partial charge in [0.15, 0.2) is 5.96 Å². The van der Waals surface area contributed by atoms with Crippen LogP contribution in [0.25, 0.3) is 0 Å². The summed E-state index contributed by atoms with van der Waals surface area (Å²) in [6, 6.07) is 3.89. The molecule has 0 atom stereocenters. The Hall–Kier alpha value is -1.72. The first-order valence-corrected chi connectivity index (χ1v) is 4.49. The molecule has 6 heteroatoms. The van der Waals surface area contributed by atoms with E-state index in [0.717, 1.165) is 11.0 Å². The van der Waals surface area contributed by atoms with Crippen molar-refractivity contribution in [2.24, 2.45) is 5.73 Å². The molecular weight excluding hydrogens is 219 g/mol. The van der Waals surface area contributed by atoms with Crippen LogP contribution in [0.15, 0.2) is 18.2 Å².